The number of carbonyl (C=O) groups excluding carboxylic acids is 2. The molecule has 28 heavy (non-hydrogen) atoms. The first kappa shape index (κ1) is 18.3. The average Bonchev–Trinajstić information content (AvgIpc) is 3.08. The number of aromatic nitrogens is 2. The van der Waals surface area contributed by atoms with E-state index in [0.29, 0.717) is 31.9 Å². The van der Waals surface area contributed by atoms with Crippen molar-refractivity contribution >= 4 is 17.9 Å². The molecule has 2 aliphatic heterocycles. The molecule has 2 fully saturated rings. The summed E-state index contributed by atoms with van der Waals surface area (Å²) >= 11 is 0. The van der Waals surface area contributed by atoms with Crippen molar-refractivity contribution in [2.75, 3.05) is 25.0 Å². The lowest BCUT2D eigenvalue weighted by molar-refractivity contribution is 0.0454. The van der Waals surface area contributed by atoms with Crippen LogP contribution in [0, 0.1) is 6.92 Å². The number of likely N-dealkylation sites (tertiary alicyclic amines) is 1. The lowest BCUT2D eigenvalue weighted by Gasteiger charge is -2.25. The first-order chi connectivity index (χ1) is 13.5. The molecule has 0 radical (unpaired) electrons. The molecule has 148 valence electrons. The SMILES string of the molecule is Cc1nn(C)c(NC(=O)N2CCC[C@]3(CC2)CNC(=O)O3)c1-c1ccccc1. The third-order valence-electron chi connectivity index (χ3n) is 5.56. The number of rotatable bonds is 2. The van der Waals surface area contributed by atoms with Crippen molar-refractivity contribution in [2.24, 2.45) is 7.05 Å². The summed E-state index contributed by atoms with van der Waals surface area (Å²) in [6.07, 6.45) is 1.82. The van der Waals surface area contributed by atoms with E-state index in [2.05, 4.69) is 15.7 Å². The van der Waals surface area contributed by atoms with Gasteiger partial charge in [0.25, 0.3) is 0 Å². The molecular weight excluding hydrogens is 358 g/mol. The van der Waals surface area contributed by atoms with E-state index >= 15 is 0 Å². The van der Waals surface area contributed by atoms with Crippen LogP contribution in [0.4, 0.5) is 15.4 Å². The monoisotopic (exact) mass is 383 g/mol. The predicted octanol–water partition coefficient (Wildman–Crippen LogP) is 2.89. The van der Waals surface area contributed by atoms with E-state index in [1.807, 2.05) is 44.3 Å². The summed E-state index contributed by atoms with van der Waals surface area (Å²) in [4.78, 5) is 26.2. The number of nitrogens with zero attached hydrogens (tertiary/aromatic N) is 3. The molecule has 0 saturated carbocycles. The van der Waals surface area contributed by atoms with Crippen molar-refractivity contribution < 1.29 is 14.3 Å². The van der Waals surface area contributed by atoms with E-state index in [1.165, 1.54) is 0 Å². The van der Waals surface area contributed by atoms with E-state index in [4.69, 9.17) is 4.74 Å². The van der Waals surface area contributed by atoms with Gasteiger partial charge in [-0.1, -0.05) is 30.3 Å². The Morgan fingerprint density at radius 2 is 2.04 bits per heavy atom. The third kappa shape index (κ3) is 3.42. The molecule has 1 aromatic heterocycles. The first-order valence-electron chi connectivity index (χ1n) is 9.59. The van der Waals surface area contributed by atoms with Gasteiger partial charge in [-0.3, -0.25) is 10.00 Å². The maximum absolute atomic E-state index is 13.0. The minimum Gasteiger partial charge on any atom is -0.441 e. The van der Waals surface area contributed by atoms with Gasteiger partial charge in [-0.25, -0.2) is 9.59 Å². The Morgan fingerprint density at radius 1 is 1.25 bits per heavy atom. The van der Waals surface area contributed by atoms with Gasteiger partial charge in [0.05, 0.1) is 12.2 Å². The van der Waals surface area contributed by atoms with Crippen LogP contribution in [0.5, 0.6) is 0 Å². The molecule has 0 aliphatic carbocycles. The minimum atomic E-state index is -0.482. The molecule has 8 heteroatoms. The number of urea groups is 1. The van der Waals surface area contributed by atoms with Crippen molar-refractivity contribution in [3.05, 3.63) is 36.0 Å². The van der Waals surface area contributed by atoms with Crippen molar-refractivity contribution in [2.45, 2.75) is 31.8 Å². The molecule has 2 aromatic rings. The minimum absolute atomic E-state index is 0.158. The second kappa shape index (κ2) is 7.18. The average molecular weight is 383 g/mol. The number of benzene rings is 1. The number of alkyl carbamates (subject to hydrolysis) is 1. The number of aryl methyl sites for hydroxylation is 2. The van der Waals surface area contributed by atoms with Crippen molar-refractivity contribution in [1.29, 1.82) is 0 Å². The first-order valence-corrected chi connectivity index (χ1v) is 9.59. The van der Waals surface area contributed by atoms with Gasteiger partial charge in [0.2, 0.25) is 0 Å². The van der Waals surface area contributed by atoms with Gasteiger partial charge in [-0.2, -0.15) is 5.10 Å². The predicted molar refractivity (Wildman–Crippen MR) is 105 cm³/mol. The van der Waals surface area contributed by atoms with E-state index in [9.17, 15) is 9.59 Å². The fraction of sp³-hybridized carbons (Fsp3) is 0.450. The van der Waals surface area contributed by atoms with Crippen LogP contribution in [0.1, 0.15) is 25.0 Å². The number of hydrogen-bond acceptors (Lipinski definition) is 4. The number of amides is 3. The molecule has 2 N–H and O–H groups in total. The molecule has 2 aliphatic rings. The Balaban J connectivity index is 1.51. The summed E-state index contributed by atoms with van der Waals surface area (Å²) in [6, 6.07) is 9.77. The molecule has 4 rings (SSSR count). The highest BCUT2D eigenvalue weighted by molar-refractivity contribution is 5.93. The number of carbonyl (C=O) groups is 2. The molecule has 1 atom stereocenters. The Kier molecular flexibility index (Phi) is 4.70. The fourth-order valence-corrected chi connectivity index (χ4v) is 4.08. The number of hydrogen-bond donors (Lipinski definition) is 2. The molecule has 8 nitrogen and oxygen atoms in total. The second-order valence-electron chi connectivity index (χ2n) is 7.50. The molecule has 1 aromatic carbocycles. The van der Waals surface area contributed by atoms with Gasteiger partial charge >= 0.3 is 12.1 Å². The third-order valence-corrected chi connectivity index (χ3v) is 5.56. The quantitative estimate of drug-likeness (QED) is 0.835. The Labute approximate surface area is 163 Å². The van der Waals surface area contributed by atoms with E-state index in [1.54, 1.807) is 9.58 Å². The Morgan fingerprint density at radius 3 is 2.75 bits per heavy atom. The molecule has 0 bridgehead atoms. The smallest absolute Gasteiger partial charge is 0.407 e. The molecule has 1 spiro atoms. The highest BCUT2D eigenvalue weighted by Gasteiger charge is 2.42. The van der Waals surface area contributed by atoms with Crippen LogP contribution in [-0.4, -0.2) is 52.0 Å². The number of nitrogens with one attached hydrogen (secondary N) is 2. The van der Waals surface area contributed by atoms with Crippen LogP contribution < -0.4 is 10.6 Å². The fourth-order valence-electron chi connectivity index (χ4n) is 4.08. The van der Waals surface area contributed by atoms with Gasteiger partial charge in [0.1, 0.15) is 11.4 Å². The zero-order chi connectivity index (χ0) is 19.7. The van der Waals surface area contributed by atoms with Gasteiger partial charge in [-0.15, -0.1) is 0 Å². The Bertz CT molecular complexity index is 895. The van der Waals surface area contributed by atoms with Gasteiger partial charge < -0.3 is 15.0 Å². The maximum atomic E-state index is 13.0. The molecule has 2 saturated heterocycles. The summed E-state index contributed by atoms with van der Waals surface area (Å²) in [5.74, 6) is 0.682. The van der Waals surface area contributed by atoms with Crippen LogP contribution in [-0.2, 0) is 11.8 Å². The van der Waals surface area contributed by atoms with Crippen LogP contribution in [0.15, 0.2) is 30.3 Å². The zero-order valence-electron chi connectivity index (χ0n) is 16.2. The number of ether oxygens (including phenoxy) is 1. The number of anilines is 1. The highest BCUT2D eigenvalue weighted by atomic mass is 16.6. The van der Waals surface area contributed by atoms with Crippen molar-refractivity contribution in [3.8, 4) is 11.1 Å². The molecule has 3 amide bonds. The van der Waals surface area contributed by atoms with E-state index < -0.39 is 5.60 Å². The van der Waals surface area contributed by atoms with Crippen LogP contribution in [0.2, 0.25) is 0 Å². The standard InChI is InChI=1S/C20H25N5O3/c1-14-16(15-7-4-3-5-8-15)17(24(2)23-14)22-18(26)25-11-6-9-20(10-12-25)13-21-19(27)28-20/h3-5,7-8H,6,9-13H2,1-2H3,(H,21,27)(H,22,26)/t20-/m0/s1. The van der Waals surface area contributed by atoms with Gasteiger partial charge in [0, 0.05) is 32.1 Å². The van der Waals surface area contributed by atoms with Crippen molar-refractivity contribution in [3.63, 3.8) is 0 Å². The highest BCUT2D eigenvalue weighted by Crippen LogP contribution is 2.32. The lowest BCUT2D eigenvalue weighted by Crippen LogP contribution is -2.38. The Hall–Kier alpha value is -3.03. The topological polar surface area (TPSA) is 88.5 Å². The van der Waals surface area contributed by atoms with Crippen molar-refractivity contribution in [1.82, 2.24) is 20.0 Å². The summed E-state index contributed by atoms with van der Waals surface area (Å²) < 4.78 is 7.20. The van der Waals surface area contributed by atoms with Crippen LogP contribution in [0.3, 0.4) is 0 Å². The van der Waals surface area contributed by atoms with Gasteiger partial charge in [0.15, 0.2) is 0 Å². The van der Waals surface area contributed by atoms with E-state index in [0.717, 1.165) is 29.7 Å². The lowest BCUT2D eigenvalue weighted by atomic mass is 9.95. The van der Waals surface area contributed by atoms with Crippen LogP contribution >= 0.6 is 0 Å². The summed E-state index contributed by atoms with van der Waals surface area (Å²) in [6.45, 7) is 3.62. The van der Waals surface area contributed by atoms with Crippen LogP contribution in [0.25, 0.3) is 11.1 Å². The van der Waals surface area contributed by atoms with E-state index in [-0.39, 0.29) is 12.1 Å². The second-order valence-corrected chi connectivity index (χ2v) is 7.50. The zero-order valence-corrected chi connectivity index (χ0v) is 16.2. The largest absolute Gasteiger partial charge is 0.441 e. The normalized spacial score (nSPS) is 21.9. The van der Waals surface area contributed by atoms with Gasteiger partial charge in [-0.05, 0) is 25.3 Å². The molecule has 0 unspecified atom stereocenters. The maximum Gasteiger partial charge on any atom is 0.407 e. The molecular formula is C20H25N5O3. The summed E-state index contributed by atoms with van der Waals surface area (Å²) in [5.41, 5.74) is 2.33. The molecule has 3 heterocycles. The summed E-state index contributed by atoms with van der Waals surface area (Å²) in [5, 5.41) is 10.3. The summed E-state index contributed by atoms with van der Waals surface area (Å²) in [7, 11) is 1.83.